The molecule has 1 aromatic rings. The molecule has 1 rings (SSSR count). The lowest BCUT2D eigenvalue weighted by molar-refractivity contribution is 0.600. The van der Waals surface area contributed by atoms with Crippen LogP contribution in [-0.4, -0.2) is 13.9 Å². The number of nitrogens with zero attached hydrogens (tertiary/aromatic N) is 1. The summed E-state index contributed by atoms with van der Waals surface area (Å²) >= 11 is 0. The van der Waals surface area contributed by atoms with Crippen molar-refractivity contribution in [3.8, 4) is 0 Å². The molecule has 2 atom stereocenters. The number of nitrogens with one attached hydrogen (secondary N) is 1. The third-order valence-electron chi connectivity index (χ3n) is 2.03. The molecule has 0 saturated carbocycles. The van der Waals surface area contributed by atoms with Gasteiger partial charge < -0.3 is 0 Å². The number of pyridine rings is 1. The van der Waals surface area contributed by atoms with Gasteiger partial charge in [-0.25, -0.2) is 13.3 Å². The highest BCUT2D eigenvalue weighted by Gasteiger charge is 2.21. The van der Waals surface area contributed by atoms with Gasteiger partial charge in [0.2, 0.25) is 0 Å². The first-order chi connectivity index (χ1) is 7.30. The van der Waals surface area contributed by atoms with Crippen molar-refractivity contribution >= 4 is 11.0 Å². The molecule has 0 aromatic carbocycles. The summed E-state index contributed by atoms with van der Waals surface area (Å²) in [5, 5.41) is 0. The van der Waals surface area contributed by atoms with Crippen LogP contribution in [0, 0.1) is 5.82 Å². The fraction of sp³-hybridized carbons (Fsp3) is 0.545. The van der Waals surface area contributed by atoms with Gasteiger partial charge in [0.25, 0.3) is 0 Å². The van der Waals surface area contributed by atoms with Gasteiger partial charge >= 0.3 is 0 Å². The van der Waals surface area contributed by atoms with E-state index < -0.39 is 11.0 Å². The Bertz CT molecular complexity index is 373. The van der Waals surface area contributed by atoms with Crippen LogP contribution >= 0.6 is 0 Å². The van der Waals surface area contributed by atoms with Crippen LogP contribution in [0.1, 0.15) is 39.4 Å². The zero-order valence-electron chi connectivity index (χ0n) is 9.95. The minimum Gasteiger partial charge on any atom is -0.257 e. The SMILES string of the molecule is C[C@H](N[S@](=O)C(C)(C)C)c1ccc(F)cn1. The van der Waals surface area contributed by atoms with Crippen LogP contribution in [0.4, 0.5) is 4.39 Å². The third-order valence-corrected chi connectivity index (χ3v) is 3.71. The molecule has 0 spiro atoms. The lowest BCUT2D eigenvalue weighted by Gasteiger charge is -2.21. The van der Waals surface area contributed by atoms with E-state index >= 15 is 0 Å². The van der Waals surface area contributed by atoms with E-state index in [9.17, 15) is 8.60 Å². The van der Waals surface area contributed by atoms with Gasteiger partial charge in [-0.15, -0.1) is 0 Å². The molecule has 1 heterocycles. The molecular formula is C11H17FN2OS. The molecule has 0 fully saturated rings. The Hall–Kier alpha value is -0.810. The first kappa shape index (κ1) is 13.3. The molecule has 5 heteroatoms. The molecule has 0 aliphatic rings. The van der Waals surface area contributed by atoms with E-state index in [4.69, 9.17) is 0 Å². The standard InChI is InChI=1S/C11H17FN2OS/c1-8(14-16(15)11(2,3)4)10-6-5-9(12)7-13-10/h5-8,14H,1-4H3/t8-,16+/m0/s1. The van der Waals surface area contributed by atoms with Crippen molar-refractivity contribution in [3.63, 3.8) is 0 Å². The van der Waals surface area contributed by atoms with Crippen LogP contribution in [0.25, 0.3) is 0 Å². The lowest BCUT2D eigenvalue weighted by Crippen LogP contribution is -2.35. The van der Waals surface area contributed by atoms with E-state index in [1.165, 1.54) is 6.07 Å². The highest BCUT2D eigenvalue weighted by molar-refractivity contribution is 7.84. The Morgan fingerprint density at radius 1 is 1.44 bits per heavy atom. The van der Waals surface area contributed by atoms with Crippen molar-refractivity contribution in [2.45, 2.75) is 38.5 Å². The second-order valence-electron chi connectivity index (χ2n) is 4.62. The van der Waals surface area contributed by atoms with Crippen molar-refractivity contribution in [2.75, 3.05) is 0 Å². The lowest BCUT2D eigenvalue weighted by atomic mass is 10.2. The fourth-order valence-electron chi connectivity index (χ4n) is 1.04. The van der Waals surface area contributed by atoms with E-state index in [-0.39, 0.29) is 16.6 Å². The van der Waals surface area contributed by atoms with E-state index in [1.807, 2.05) is 27.7 Å². The summed E-state index contributed by atoms with van der Waals surface area (Å²) < 4.78 is 27.1. The van der Waals surface area contributed by atoms with E-state index in [0.717, 1.165) is 6.20 Å². The van der Waals surface area contributed by atoms with Crippen LogP contribution in [0.15, 0.2) is 18.3 Å². The van der Waals surface area contributed by atoms with Crippen LogP contribution in [0.3, 0.4) is 0 Å². The molecule has 0 aliphatic carbocycles. The van der Waals surface area contributed by atoms with Crippen LogP contribution in [0.5, 0.6) is 0 Å². The average Bonchev–Trinajstić information content (AvgIpc) is 2.17. The molecule has 16 heavy (non-hydrogen) atoms. The number of hydrogen-bond donors (Lipinski definition) is 1. The summed E-state index contributed by atoms with van der Waals surface area (Å²) in [7, 11) is -1.16. The topological polar surface area (TPSA) is 42.0 Å². The monoisotopic (exact) mass is 244 g/mol. The number of rotatable bonds is 3. The van der Waals surface area contributed by atoms with Crippen molar-refractivity contribution < 1.29 is 8.60 Å². The second kappa shape index (κ2) is 5.01. The van der Waals surface area contributed by atoms with Gasteiger partial charge in [-0.2, -0.15) is 0 Å². The smallest absolute Gasteiger partial charge is 0.141 e. The summed E-state index contributed by atoms with van der Waals surface area (Å²) in [6.07, 6.45) is 1.16. The van der Waals surface area contributed by atoms with E-state index in [2.05, 4.69) is 9.71 Å². The number of aromatic nitrogens is 1. The Morgan fingerprint density at radius 2 is 2.06 bits per heavy atom. The Morgan fingerprint density at radius 3 is 2.50 bits per heavy atom. The van der Waals surface area contributed by atoms with Crippen molar-refractivity contribution in [3.05, 3.63) is 29.8 Å². The second-order valence-corrected chi connectivity index (χ2v) is 6.62. The van der Waals surface area contributed by atoms with Gasteiger partial charge in [-0.05, 0) is 39.8 Å². The zero-order chi connectivity index (χ0) is 12.3. The predicted molar refractivity (Wildman–Crippen MR) is 63.6 cm³/mol. The average molecular weight is 244 g/mol. The zero-order valence-corrected chi connectivity index (χ0v) is 10.8. The summed E-state index contributed by atoms with van der Waals surface area (Å²) in [4.78, 5) is 3.94. The van der Waals surface area contributed by atoms with Gasteiger partial charge in [-0.3, -0.25) is 4.98 Å². The quantitative estimate of drug-likeness (QED) is 0.886. The molecule has 0 aliphatic heterocycles. The molecule has 90 valence electrons. The molecule has 3 nitrogen and oxygen atoms in total. The minimum atomic E-state index is -1.16. The largest absolute Gasteiger partial charge is 0.257 e. The third kappa shape index (κ3) is 3.64. The molecule has 1 N–H and O–H groups in total. The molecule has 0 radical (unpaired) electrons. The van der Waals surface area contributed by atoms with E-state index in [1.54, 1.807) is 6.07 Å². The molecule has 1 aromatic heterocycles. The van der Waals surface area contributed by atoms with Crippen molar-refractivity contribution in [2.24, 2.45) is 0 Å². The number of halogens is 1. The summed E-state index contributed by atoms with van der Waals surface area (Å²) in [5.74, 6) is -0.368. The van der Waals surface area contributed by atoms with Crippen LogP contribution in [-0.2, 0) is 11.0 Å². The van der Waals surface area contributed by atoms with Gasteiger partial charge in [-0.1, -0.05) is 0 Å². The molecule has 0 bridgehead atoms. The maximum absolute atomic E-state index is 12.7. The molecule has 0 saturated heterocycles. The Kier molecular flexibility index (Phi) is 4.15. The highest BCUT2D eigenvalue weighted by atomic mass is 32.2. The van der Waals surface area contributed by atoms with Crippen molar-refractivity contribution in [1.82, 2.24) is 9.71 Å². The predicted octanol–water partition coefficient (Wildman–Crippen LogP) is 2.33. The first-order valence-electron chi connectivity index (χ1n) is 5.10. The van der Waals surface area contributed by atoms with Gasteiger partial charge in [0.15, 0.2) is 0 Å². The molecule has 0 amide bonds. The summed E-state index contributed by atoms with van der Waals surface area (Å²) in [6.45, 7) is 7.52. The van der Waals surface area contributed by atoms with Crippen LogP contribution < -0.4 is 4.72 Å². The fourth-order valence-corrected chi connectivity index (χ4v) is 1.84. The van der Waals surface area contributed by atoms with Gasteiger partial charge in [0.1, 0.15) is 5.82 Å². The maximum Gasteiger partial charge on any atom is 0.141 e. The van der Waals surface area contributed by atoms with E-state index in [0.29, 0.717) is 5.69 Å². The molecular weight excluding hydrogens is 227 g/mol. The molecule has 0 unspecified atom stereocenters. The van der Waals surface area contributed by atoms with Gasteiger partial charge in [0, 0.05) is 0 Å². The summed E-state index contributed by atoms with van der Waals surface area (Å²) in [6, 6.07) is 2.77. The number of hydrogen-bond acceptors (Lipinski definition) is 2. The van der Waals surface area contributed by atoms with Crippen molar-refractivity contribution in [1.29, 1.82) is 0 Å². The maximum atomic E-state index is 12.7. The Balaban J connectivity index is 2.69. The minimum absolute atomic E-state index is 0.166. The normalized spacial score (nSPS) is 15.8. The van der Waals surface area contributed by atoms with Crippen LogP contribution in [0.2, 0.25) is 0 Å². The van der Waals surface area contributed by atoms with Gasteiger partial charge in [0.05, 0.1) is 33.7 Å². The Labute approximate surface area is 98.1 Å². The first-order valence-corrected chi connectivity index (χ1v) is 6.25. The highest BCUT2D eigenvalue weighted by Crippen LogP contribution is 2.15. The summed E-state index contributed by atoms with van der Waals surface area (Å²) in [5.41, 5.74) is 0.680.